The molecule has 0 saturated carbocycles. The third-order valence-electron chi connectivity index (χ3n) is 9.38. The van der Waals surface area contributed by atoms with Crippen molar-refractivity contribution in [3.05, 3.63) is 168 Å². The van der Waals surface area contributed by atoms with Gasteiger partial charge in [-0.15, -0.1) is 0 Å². The quantitative estimate of drug-likeness (QED) is 0.183. The van der Waals surface area contributed by atoms with Crippen molar-refractivity contribution in [3.8, 4) is 44.5 Å². The van der Waals surface area contributed by atoms with Gasteiger partial charge in [-0.25, -0.2) is 0 Å². The van der Waals surface area contributed by atoms with E-state index >= 15 is 0 Å². The lowest BCUT2D eigenvalue weighted by atomic mass is 9.81. The summed E-state index contributed by atoms with van der Waals surface area (Å²) in [6.45, 7) is 6.69. The molecule has 8 aromatic rings. The summed E-state index contributed by atoms with van der Waals surface area (Å²) in [5.41, 5.74) is 13.9. The largest absolute Gasteiger partial charge is 0.0622 e. The van der Waals surface area contributed by atoms with Crippen LogP contribution < -0.4 is 0 Å². The molecule has 0 fully saturated rings. The minimum atomic E-state index is 1.23. The molecule has 0 amide bonds. The summed E-state index contributed by atoms with van der Waals surface area (Å²) in [6, 6.07) is 56.0. The van der Waals surface area contributed by atoms with Crippen molar-refractivity contribution < 1.29 is 0 Å². The molecule has 0 N–H and O–H groups in total. The van der Waals surface area contributed by atoms with E-state index in [1.54, 1.807) is 0 Å². The van der Waals surface area contributed by atoms with E-state index < -0.39 is 0 Å². The summed E-state index contributed by atoms with van der Waals surface area (Å²) in [5.74, 6) is 0. The molecule has 0 heterocycles. The number of fused-ring (bicyclic) bond motifs is 3. The average molecular weight is 575 g/mol. The zero-order valence-corrected chi connectivity index (χ0v) is 25.9. The Hall–Kier alpha value is -5.46. The fourth-order valence-corrected chi connectivity index (χ4v) is 6.99. The number of rotatable bonds is 4. The first-order valence-corrected chi connectivity index (χ1v) is 15.8. The average Bonchev–Trinajstić information content (AvgIpc) is 3.08. The molecule has 0 aromatic heterocycles. The summed E-state index contributed by atoms with van der Waals surface area (Å²) in [4.78, 5) is 0. The van der Waals surface area contributed by atoms with Crippen LogP contribution in [0.5, 0.6) is 0 Å². The van der Waals surface area contributed by atoms with Gasteiger partial charge >= 0.3 is 0 Å². The smallest absolute Gasteiger partial charge is 0.00197 e. The molecular weight excluding hydrogens is 540 g/mol. The highest BCUT2D eigenvalue weighted by Gasteiger charge is 2.21. The molecule has 0 radical (unpaired) electrons. The summed E-state index contributed by atoms with van der Waals surface area (Å²) in [5, 5.41) is 7.67. The van der Waals surface area contributed by atoms with Crippen LogP contribution in [0.3, 0.4) is 0 Å². The molecule has 8 rings (SSSR count). The highest BCUT2D eigenvalue weighted by molar-refractivity contribution is 6.23. The second-order valence-electron chi connectivity index (χ2n) is 12.3. The van der Waals surface area contributed by atoms with E-state index in [1.807, 2.05) is 0 Å². The molecule has 45 heavy (non-hydrogen) atoms. The van der Waals surface area contributed by atoms with Gasteiger partial charge in [0.25, 0.3) is 0 Å². The van der Waals surface area contributed by atoms with Crippen LogP contribution in [0.2, 0.25) is 0 Å². The molecular formula is C45H34. The summed E-state index contributed by atoms with van der Waals surface area (Å²) >= 11 is 0. The van der Waals surface area contributed by atoms with Gasteiger partial charge in [-0.3, -0.25) is 0 Å². The lowest BCUT2D eigenvalue weighted by Crippen LogP contribution is -1.95. The van der Waals surface area contributed by atoms with Crippen molar-refractivity contribution in [3.63, 3.8) is 0 Å². The van der Waals surface area contributed by atoms with Gasteiger partial charge in [0.05, 0.1) is 0 Å². The Bertz CT molecular complexity index is 2380. The van der Waals surface area contributed by atoms with Crippen LogP contribution in [0.1, 0.15) is 16.7 Å². The predicted molar refractivity (Wildman–Crippen MR) is 195 cm³/mol. The van der Waals surface area contributed by atoms with Gasteiger partial charge in [0, 0.05) is 0 Å². The summed E-state index contributed by atoms with van der Waals surface area (Å²) in [6.07, 6.45) is 0. The van der Waals surface area contributed by atoms with Crippen molar-refractivity contribution in [2.45, 2.75) is 20.8 Å². The minimum absolute atomic E-state index is 1.23. The highest BCUT2D eigenvalue weighted by atomic mass is 14.2. The second-order valence-corrected chi connectivity index (χ2v) is 12.3. The molecule has 0 atom stereocenters. The Morgan fingerprint density at radius 2 is 0.844 bits per heavy atom. The van der Waals surface area contributed by atoms with Gasteiger partial charge < -0.3 is 0 Å². The van der Waals surface area contributed by atoms with Gasteiger partial charge in [-0.2, -0.15) is 0 Å². The normalized spacial score (nSPS) is 11.4. The van der Waals surface area contributed by atoms with Crippen molar-refractivity contribution in [2.75, 3.05) is 0 Å². The maximum absolute atomic E-state index is 2.43. The van der Waals surface area contributed by atoms with Crippen LogP contribution in [-0.4, -0.2) is 0 Å². The molecule has 0 bridgehead atoms. The molecule has 0 nitrogen and oxygen atoms in total. The van der Waals surface area contributed by atoms with Gasteiger partial charge in [-0.1, -0.05) is 139 Å². The minimum Gasteiger partial charge on any atom is -0.0622 e. The Labute approximate surface area is 265 Å². The van der Waals surface area contributed by atoms with Crippen molar-refractivity contribution in [2.24, 2.45) is 0 Å². The zero-order chi connectivity index (χ0) is 30.5. The van der Waals surface area contributed by atoms with E-state index in [0.717, 1.165) is 0 Å². The maximum Gasteiger partial charge on any atom is -0.00197 e. The van der Waals surface area contributed by atoms with Crippen LogP contribution in [0.4, 0.5) is 0 Å². The summed E-state index contributed by atoms with van der Waals surface area (Å²) < 4.78 is 0. The van der Waals surface area contributed by atoms with Crippen LogP contribution in [0.15, 0.2) is 152 Å². The fourth-order valence-electron chi connectivity index (χ4n) is 6.99. The second kappa shape index (κ2) is 10.9. The van der Waals surface area contributed by atoms with Gasteiger partial charge in [0.1, 0.15) is 0 Å². The molecule has 0 heteroatoms. The van der Waals surface area contributed by atoms with Crippen molar-refractivity contribution in [1.82, 2.24) is 0 Å². The molecule has 0 saturated heterocycles. The Morgan fingerprint density at radius 1 is 0.311 bits per heavy atom. The standard InChI is InChI=1S/C45H34/c1-29-21-22-38-40(23-29)45(43-28-36-18-11-10-17-35(36)27-39(43)33-15-8-5-9-16-33)42-25-31(3)30(2)24-41(42)44(38)37-20-12-19-34(26-37)32-13-6-4-7-14-32/h4-28H,1-3H3. The lowest BCUT2D eigenvalue weighted by Gasteiger charge is -2.22. The van der Waals surface area contributed by atoms with E-state index in [-0.39, 0.29) is 0 Å². The SMILES string of the molecule is Cc1ccc2c(-c3cccc(-c4ccccc4)c3)c3cc(C)c(C)cc3c(-c3cc4ccccc4cc3-c3ccccc3)c2c1. The first-order valence-electron chi connectivity index (χ1n) is 15.8. The first kappa shape index (κ1) is 27.1. The number of hydrogen-bond donors (Lipinski definition) is 0. The molecule has 8 aromatic carbocycles. The van der Waals surface area contributed by atoms with Crippen molar-refractivity contribution in [1.29, 1.82) is 0 Å². The van der Waals surface area contributed by atoms with Crippen LogP contribution in [0.25, 0.3) is 76.8 Å². The third kappa shape index (κ3) is 4.71. The van der Waals surface area contributed by atoms with Crippen LogP contribution >= 0.6 is 0 Å². The predicted octanol–water partition coefficient (Wildman–Crippen LogP) is 12.7. The topological polar surface area (TPSA) is 0 Å². The molecule has 0 aliphatic carbocycles. The van der Waals surface area contributed by atoms with E-state index in [2.05, 4.69) is 172 Å². The van der Waals surface area contributed by atoms with E-state index in [1.165, 1.54) is 93.5 Å². The Morgan fingerprint density at radius 3 is 1.53 bits per heavy atom. The Kier molecular flexibility index (Phi) is 6.58. The van der Waals surface area contributed by atoms with Crippen LogP contribution in [-0.2, 0) is 0 Å². The van der Waals surface area contributed by atoms with E-state index in [0.29, 0.717) is 0 Å². The van der Waals surface area contributed by atoms with E-state index in [4.69, 9.17) is 0 Å². The molecule has 214 valence electrons. The molecule has 0 spiro atoms. The van der Waals surface area contributed by atoms with Crippen LogP contribution in [0, 0.1) is 20.8 Å². The lowest BCUT2D eigenvalue weighted by molar-refractivity contribution is 1.37. The first-order chi connectivity index (χ1) is 22.0. The third-order valence-corrected chi connectivity index (χ3v) is 9.38. The van der Waals surface area contributed by atoms with Gasteiger partial charge in [0.15, 0.2) is 0 Å². The fraction of sp³-hybridized carbons (Fsp3) is 0.0667. The molecule has 0 aliphatic rings. The number of hydrogen-bond acceptors (Lipinski definition) is 0. The number of aryl methyl sites for hydroxylation is 3. The van der Waals surface area contributed by atoms with E-state index in [9.17, 15) is 0 Å². The van der Waals surface area contributed by atoms with Gasteiger partial charge in [-0.05, 0) is 127 Å². The summed E-state index contributed by atoms with van der Waals surface area (Å²) in [7, 11) is 0. The Balaban J connectivity index is 1.54. The maximum atomic E-state index is 2.43. The number of benzene rings is 8. The molecule has 0 unspecified atom stereocenters. The van der Waals surface area contributed by atoms with Crippen molar-refractivity contribution >= 4 is 32.3 Å². The highest BCUT2D eigenvalue weighted by Crippen LogP contribution is 2.48. The monoisotopic (exact) mass is 574 g/mol. The molecule has 0 aliphatic heterocycles. The zero-order valence-electron chi connectivity index (χ0n) is 25.9. The van der Waals surface area contributed by atoms with Gasteiger partial charge in [0.2, 0.25) is 0 Å².